The largest absolute Gasteiger partial charge is 0.368 e. The molecule has 1 rings (SSSR count). The molecule has 1 saturated heterocycles. The van der Waals surface area contributed by atoms with E-state index in [9.17, 15) is 4.79 Å². The van der Waals surface area contributed by atoms with Crippen LogP contribution in [0.1, 0.15) is 19.3 Å². The van der Waals surface area contributed by atoms with Gasteiger partial charge in [0.1, 0.15) is 0 Å². The van der Waals surface area contributed by atoms with E-state index in [-0.39, 0.29) is 11.9 Å². The minimum atomic E-state index is -0.301. The Hall–Kier alpha value is -1.08. The monoisotopic (exact) mass is 167 g/mol. The van der Waals surface area contributed by atoms with E-state index < -0.39 is 0 Å². The average molecular weight is 167 g/mol. The first-order valence-corrected chi connectivity index (χ1v) is 4.16. The Morgan fingerprint density at radius 2 is 2.42 bits per heavy atom. The van der Waals surface area contributed by atoms with Crippen molar-refractivity contribution in [1.29, 1.82) is 5.26 Å². The predicted molar refractivity (Wildman–Crippen MR) is 44.0 cm³/mol. The van der Waals surface area contributed by atoms with E-state index in [1.165, 1.54) is 0 Å². The number of nitrogens with zero attached hydrogens (tertiary/aromatic N) is 2. The molecule has 0 aromatic rings. The summed E-state index contributed by atoms with van der Waals surface area (Å²) >= 11 is 0. The fourth-order valence-corrected chi connectivity index (χ4v) is 1.59. The van der Waals surface area contributed by atoms with Crippen molar-refractivity contribution in [2.75, 3.05) is 13.1 Å². The Morgan fingerprint density at radius 3 is 3.00 bits per heavy atom. The summed E-state index contributed by atoms with van der Waals surface area (Å²) < 4.78 is 0. The Bertz CT molecular complexity index is 209. The summed E-state index contributed by atoms with van der Waals surface area (Å²) in [7, 11) is 0. The highest BCUT2D eigenvalue weighted by Gasteiger charge is 2.25. The molecular formula is C8H13N3O. The molecular weight excluding hydrogens is 154 g/mol. The zero-order valence-electron chi connectivity index (χ0n) is 6.99. The highest BCUT2D eigenvalue weighted by molar-refractivity contribution is 5.79. The van der Waals surface area contributed by atoms with Gasteiger partial charge in [-0.25, -0.2) is 0 Å². The first kappa shape index (κ1) is 9.01. The van der Waals surface area contributed by atoms with Gasteiger partial charge in [0.2, 0.25) is 5.91 Å². The number of piperidine rings is 1. The SMILES string of the molecule is N#CCN1CCCCC1C(N)=O. The highest BCUT2D eigenvalue weighted by Crippen LogP contribution is 2.15. The van der Waals surface area contributed by atoms with Gasteiger partial charge < -0.3 is 5.73 Å². The van der Waals surface area contributed by atoms with Gasteiger partial charge in [-0.15, -0.1) is 0 Å². The second-order valence-corrected chi connectivity index (χ2v) is 3.04. The molecule has 1 amide bonds. The summed E-state index contributed by atoms with van der Waals surface area (Å²) in [6.07, 6.45) is 2.90. The molecule has 0 aliphatic carbocycles. The molecule has 1 atom stereocenters. The van der Waals surface area contributed by atoms with Gasteiger partial charge in [0.15, 0.2) is 0 Å². The number of nitriles is 1. The quantitative estimate of drug-likeness (QED) is 0.581. The molecule has 0 aromatic heterocycles. The summed E-state index contributed by atoms with van der Waals surface area (Å²) in [6, 6.07) is 1.83. The van der Waals surface area contributed by atoms with Crippen LogP contribution in [0.4, 0.5) is 0 Å². The van der Waals surface area contributed by atoms with Crippen LogP contribution in [0.15, 0.2) is 0 Å². The summed E-state index contributed by atoms with van der Waals surface area (Å²) in [5, 5.41) is 8.47. The normalized spacial score (nSPS) is 24.8. The van der Waals surface area contributed by atoms with Crippen LogP contribution in [0.3, 0.4) is 0 Å². The molecule has 4 nitrogen and oxygen atoms in total. The van der Waals surface area contributed by atoms with Gasteiger partial charge in [-0.1, -0.05) is 6.42 Å². The van der Waals surface area contributed by atoms with E-state index in [0.29, 0.717) is 6.54 Å². The number of rotatable bonds is 2. The zero-order valence-corrected chi connectivity index (χ0v) is 6.99. The number of hydrogen-bond donors (Lipinski definition) is 1. The van der Waals surface area contributed by atoms with Crippen molar-refractivity contribution in [1.82, 2.24) is 4.90 Å². The summed E-state index contributed by atoms with van der Waals surface area (Å²) in [5.41, 5.74) is 5.20. The molecule has 0 spiro atoms. The lowest BCUT2D eigenvalue weighted by molar-refractivity contribution is -0.124. The van der Waals surface area contributed by atoms with Crippen LogP contribution in [0, 0.1) is 11.3 Å². The summed E-state index contributed by atoms with van der Waals surface area (Å²) in [4.78, 5) is 12.8. The lowest BCUT2D eigenvalue weighted by Crippen LogP contribution is -2.47. The van der Waals surface area contributed by atoms with Crippen molar-refractivity contribution >= 4 is 5.91 Å². The minimum absolute atomic E-state index is 0.210. The maximum absolute atomic E-state index is 10.9. The second-order valence-electron chi connectivity index (χ2n) is 3.04. The van der Waals surface area contributed by atoms with Gasteiger partial charge in [0.25, 0.3) is 0 Å². The molecule has 1 aliphatic heterocycles. The molecule has 0 bridgehead atoms. The van der Waals surface area contributed by atoms with Crippen molar-refractivity contribution in [3.63, 3.8) is 0 Å². The van der Waals surface area contributed by atoms with Crippen molar-refractivity contribution in [3.8, 4) is 6.07 Å². The van der Waals surface area contributed by atoms with Crippen LogP contribution in [0.5, 0.6) is 0 Å². The second kappa shape index (κ2) is 4.07. The van der Waals surface area contributed by atoms with Gasteiger partial charge in [0, 0.05) is 0 Å². The maximum Gasteiger partial charge on any atom is 0.234 e. The summed E-state index contributed by atoms with van der Waals surface area (Å²) in [5.74, 6) is -0.301. The lowest BCUT2D eigenvalue weighted by Gasteiger charge is -2.31. The van der Waals surface area contributed by atoms with Crippen LogP contribution in [-0.2, 0) is 4.79 Å². The summed E-state index contributed by atoms with van der Waals surface area (Å²) in [6.45, 7) is 1.13. The fourth-order valence-electron chi connectivity index (χ4n) is 1.59. The number of carbonyl (C=O) groups is 1. The Kier molecular flexibility index (Phi) is 3.06. The standard InChI is InChI=1S/C8H13N3O/c9-4-6-11-5-2-1-3-7(11)8(10)12/h7H,1-3,5-6H2,(H2,10,12). The van der Waals surface area contributed by atoms with E-state index in [1.54, 1.807) is 0 Å². The van der Waals surface area contributed by atoms with Crippen molar-refractivity contribution in [3.05, 3.63) is 0 Å². The number of likely N-dealkylation sites (tertiary alicyclic amines) is 1. The molecule has 1 aliphatic rings. The smallest absolute Gasteiger partial charge is 0.234 e. The Morgan fingerprint density at radius 1 is 1.67 bits per heavy atom. The third-order valence-corrected chi connectivity index (χ3v) is 2.22. The van der Waals surface area contributed by atoms with Gasteiger partial charge in [-0.05, 0) is 19.4 Å². The maximum atomic E-state index is 10.9. The van der Waals surface area contributed by atoms with E-state index >= 15 is 0 Å². The molecule has 0 saturated carbocycles. The van der Waals surface area contributed by atoms with Gasteiger partial charge in [-0.2, -0.15) is 5.26 Å². The third-order valence-electron chi connectivity index (χ3n) is 2.22. The van der Waals surface area contributed by atoms with Crippen LogP contribution in [0.25, 0.3) is 0 Å². The first-order valence-electron chi connectivity index (χ1n) is 4.16. The number of amides is 1. The Labute approximate surface area is 71.9 Å². The zero-order chi connectivity index (χ0) is 8.97. The van der Waals surface area contributed by atoms with Crippen molar-refractivity contribution < 1.29 is 4.79 Å². The Balaban J connectivity index is 2.55. The first-order chi connectivity index (χ1) is 5.75. The van der Waals surface area contributed by atoms with Crippen molar-refractivity contribution in [2.45, 2.75) is 25.3 Å². The number of hydrogen-bond acceptors (Lipinski definition) is 3. The van der Waals surface area contributed by atoms with E-state index in [1.807, 2.05) is 11.0 Å². The predicted octanol–water partition coefficient (Wildman–Crippen LogP) is -0.150. The fraction of sp³-hybridized carbons (Fsp3) is 0.750. The number of carbonyl (C=O) groups excluding carboxylic acids is 1. The molecule has 66 valence electrons. The molecule has 0 radical (unpaired) electrons. The molecule has 1 heterocycles. The highest BCUT2D eigenvalue weighted by atomic mass is 16.1. The van der Waals surface area contributed by atoms with Crippen molar-refractivity contribution in [2.24, 2.45) is 5.73 Å². The van der Waals surface area contributed by atoms with Crippen LogP contribution >= 0.6 is 0 Å². The minimum Gasteiger partial charge on any atom is -0.368 e. The van der Waals surface area contributed by atoms with Gasteiger partial charge in [-0.3, -0.25) is 9.69 Å². The van der Waals surface area contributed by atoms with Crippen LogP contribution in [0.2, 0.25) is 0 Å². The van der Waals surface area contributed by atoms with E-state index in [4.69, 9.17) is 11.0 Å². The molecule has 4 heteroatoms. The van der Waals surface area contributed by atoms with Gasteiger partial charge >= 0.3 is 0 Å². The van der Waals surface area contributed by atoms with Gasteiger partial charge in [0.05, 0.1) is 18.7 Å². The molecule has 2 N–H and O–H groups in total. The molecule has 0 aromatic carbocycles. The molecule has 1 unspecified atom stereocenters. The number of primary amides is 1. The number of nitrogens with two attached hydrogens (primary N) is 1. The van der Waals surface area contributed by atoms with E-state index in [2.05, 4.69) is 0 Å². The third kappa shape index (κ3) is 1.95. The van der Waals surface area contributed by atoms with E-state index in [0.717, 1.165) is 25.8 Å². The molecule has 1 fully saturated rings. The topological polar surface area (TPSA) is 70.1 Å². The lowest BCUT2D eigenvalue weighted by atomic mass is 10.0. The van der Waals surface area contributed by atoms with Crippen LogP contribution in [-0.4, -0.2) is 29.9 Å². The molecule has 12 heavy (non-hydrogen) atoms. The average Bonchev–Trinajstić information content (AvgIpc) is 2.05. The van der Waals surface area contributed by atoms with Crippen LogP contribution < -0.4 is 5.73 Å².